The van der Waals surface area contributed by atoms with Gasteiger partial charge in [0.15, 0.2) is 0 Å². The van der Waals surface area contributed by atoms with Crippen LogP contribution in [0.4, 0.5) is 4.39 Å². The third-order valence-electron chi connectivity index (χ3n) is 2.17. The van der Waals surface area contributed by atoms with Crippen molar-refractivity contribution < 1.29 is 8.91 Å². The van der Waals surface area contributed by atoms with E-state index in [0.29, 0.717) is 22.3 Å². The minimum Gasteiger partial charge on any atom is -0.360 e. The molecule has 0 aliphatic heterocycles. The molecule has 0 spiro atoms. The van der Waals surface area contributed by atoms with Crippen molar-refractivity contribution in [1.29, 1.82) is 0 Å². The molecule has 1 aromatic heterocycles. The van der Waals surface area contributed by atoms with Crippen LogP contribution in [-0.4, -0.2) is 5.16 Å². The Hall–Kier alpha value is -1.16. The van der Waals surface area contributed by atoms with Crippen LogP contribution in [0.2, 0.25) is 0 Å². The van der Waals surface area contributed by atoms with E-state index in [-0.39, 0.29) is 5.82 Å². The first kappa shape index (κ1) is 10.4. The first-order chi connectivity index (χ1) is 7.22. The highest BCUT2D eigenvalue weighted by molar-refractivity contribution is 9.08. The van der Waals surface area contributed by atoms with Gasteiger partial charge in [0.05, 0.1) is 5.33 Å². The molecule has 1 heterocycles. The van der Waals surface area contributed by atoms with Crippen LogP contribution in [0.25, 0.3) is 11.3 Å². The van der Waals surface area contributed by atoms with Gasteiger partial charge in [0.25, 0.3) is 0 Å². The number of hydrogen-bond donors (Lipinski definition) is 0. The summed E-state index contributed by atoms with van der Waals surface area (Å²) in [6.07, 6.45) is 0. The van der Waals surface area contributed by atoms with Crippen LogP contribution in [0.1, 0.15) is 11.3 Å². The van der Waals surface area contributed by atoms with E-state index in [2.05, 4.69) is 21.1 Å². The summed E-state index contributed by atoms with van der Waals surface area (Å²) in [7, 11) is 0. The van der Waals surface area contributed by atoms with Crippen LogP contribution in [0.15, 0.2) is 28.8 Å². The number of nitrogens with zero attached hydrogens (tertiary/aromatic N) is 1. The Morgan fingerprint density at radius 2 is 2.27 bits per heavy atom. The third kappa shape index (κ3) is 1.95. The average molecular weight is 270 g/mol. The maximum Gasteiger partial charge on any atom is 0.147 e. The minimum absolute atomic E-state index is 0.274. The summed E-state index contributed by atoms with van der Waals surface area (Å²) in [4.78, 5) is 0. The Labute approximate surface area is 95.2 Å². The molecule has 2 rings (SSSR count). The fourth-order valence-electron chi connectivity index (χ4n) is 1.45. The van der Waals surface area contributed by atoms with E-state index in [9.17, 15) is 4.39 Å². The molecular formula is C11H9BrFNO. The molecule has 4 heteroatoms. The number of benzene rings is 1. The molecule has 2 aromatic rings. The second kappa shape index (κ2) is 4.14. The lowest BCUT2D eigenvalue weighted by molar-refractivity contribution is 0.397. The van der Waals surface area contributed by atoms with Crippen LogP contribution < -0.4 is 0 Å². The summed E-state index contributed by atoms with van der Waals surface area (Å²) in [5.74, 6) is 0.414. The van der Waals surface area contributed by atoms with Gasteiger partial charge in [0.1, 0.15) is 17.3 Å². The van der Waals surface area contributed by atoms with Crippen molar-refractivity contribution in [3.8, 4) is 11.3 Å². The molecule has 0 atom stereocenters. The zero-order valence-electron chi connectivity index (χ0n) is 8.13. The van der Waals surface area contributed by atoms with Crippen molar-refractivity contribution in [2.24, 2.45) is 0 Å². The SMILES string of the molecule is Cc1cccc(F)c1-c1cc(CBr)on1. The Morgan fingerprint density at radius 3 is 2.87 bits per heavy atom. The molecule has 1 aromatic carbocycles. The van der Waals surface area contributed by atoms with Crippen LogP contribution >= 0.6 is 15.9 Å². The van der Waals surface area contributed by atoms with E-state index in [0.717, 1.165) is 5.56 Å². The molecule has 0 saturated carbocycles. The van der Waals surface area contributed by atoms with E-state index in [1.54, 1.807) is 12.1 Å². The molecule has 15 heavy (non-hydrogen) atoms. The lowest BCUT2D eigenvalue weighted by atomic mass is 10.1. The number of alkyl halides is 1. The highest BCUT2D eigenvalue weighted by Crippen LogP contribution is 2.26. The van der Waals surface area contributed by atoms with E-state index >= 15 is 0 Å². The van der Waals surface area contributed by atoms with Gasteiger partial charge in [-0.3, -0.25) is 0 Å². The molecule has 0 radical (unpaired) electrons. The summed E-state index contributed by atoms with van der Waals surface area (Å²) in [5, 5.41) is 4.41. The molecule has 78 valence electrons. The van der Waals surface area contributed by atoms with Gasteiger partial charge < -0.3 is 4.52 Å². The van der Waals surface area contributed by atoms with Gasteiger partial charge in [-0.15, -0.1) is 0 Å². The molecule has 0 aliphatic rings. The molecule has 0 saturated heterocycles. The molecule has 0 unspecified atom stereocenters. The molecule has 0 N–H and O–H groups in total. The van der Waals surface area contributed by atoms with Crippen molar-refractivity contribution >= 4 is 15.9 Å². The fourth-order valence-corrected chi connectivity index (χ4v) is 1.71. The highest BCUT2D eigenvalue weighted by atomic mass is 79.9. The van der Waals surface area contributed by atoms with Crippen LogP contribution in [-0.2, 0) is 5.33 Å². The lowest BCUT2D eigenvalue weighted by Crippen LogP contribution is -1.87. The van der Waals surface area contributed by atoms with E-state index in [4.69, 9.17) is 4.52 Å². The van der Waals surface area contributed by atoms with Crippen molar-refractivity contribution in [1.82, 2.24) is 5.16 Å². The van der Waals surface area contributed by atoms with Gasteiger partial charge in [-0.1, -0.05) is 33.2 Å². The van der Waals surface area contributed by atoms with Crippen molar-refractivity contribution in [2.75, 3.05) is 0 Å². The van der Waals surface area contributed by atoms with Crippen LogP contribution in [0.3, 0.4) is 0 Å². The normalized spacial score (nSPS) is 10.6. The second-order valence-corrected chi connectivity index (χ2v) is 3.80. The van der Waals surface area contributed by atoms with E-state index in [1.165, 1.54) is 6.07 Å². The van der Waals surface area contributed by atoms with Crippen LogP contribution in [0.5, 0.6) is 0 Å². The van der Waals surface area contributed by atoms with Crippen LogP contribution in [0, 0.1) is 12.7 Å². The Morgan fingerprint density at radius 1 is 1.47 bits per heavy atom. The predicted octanol–water partition coefficient (Wildman–Crippen LogP) is 3.68. The third-order valence-corrected chi connectivity index (χ3v) is 2.72. The van der Waals surface area contributed by atoms with Crippen molar-refractivity contribution in [3.63, 3.8) is 0 Å². The van der Waals surface area contributed by atoms with Gasteiger partial charge in [-0.25, -0.2) is 4.39 Å². The molecular weight excluding hydrogens is 261 g/mol. The monoisotopic (exact) mass is 269 g/mol. The second-order valence-electron chi connectivity index (χ2n) is 3.24. The standard InChI is InChI=1S/C11H9BrFNO/c1-7-3-2-4-9(13)11(7)10-5-8(6-12)15-14-10/h2-5H,6H2,1H3. The van der Waals surface area contributed by atoms with Gasteiger partial charge in [0.2, 0.25) is 0 Å². The predicted molar refractivity (Wildman–Crippen MR) is 59.3 cm³/mol. The topological polar surface area (TPSA) is 26.0 Å². The summed E-state index contributed by atoms with van der Waals surface area (Å²) >= 11 is 3.25. The summed E-state index contributed by atoms with van der Waals surface area (Å²) < 4.78 is 18.6. The van der Waals surface area contributed by atoms with Gasteiger partial charge >= 0.3 is 0 Å². The molecule has 2 nitrogen and oxygen atoms in total. The lowest BCUT2D eigenvalue weighted by Gasteiger charge is -2.01. The first-order valence-electron chi connectivity index (χ1n) is 4.49. The maximum atomic E-state index is 13.6. The number of rotatable bonds is 2. The zero-order valence-corrected chi connectivity index (χ0v) is 9.71. The van der Waals surface area contributed by atoms with Gasteiger partial charge in [-0.05, 0) is 18.6 Å². The summed E-state index contributed by atoms with van der Waals surface area (Å²) in [5.41, 5.74) is 1.90. The van der Waals surface area contributed by atoms with Gasteiger partial charge in [0, 0.05) is 11.6 Å². The highest BCUT2D eigenvalue weighted by Gasteiger charge is 2.12. The molecule has 0 aliphatic carbocycles. The molecule has 0 bridgehead atoms. The fraction of sp³-hybridized carbons (Fsp3) is 0.182. The maximum absolute atomic E-state index is 13.6. The summed E-state index contributed by atoms with van der Waals surface area (Å²) in [6, 6.07) is 6.69. The Bertz CT molecular complexity index is 461. The molecule has 0 fully saturated rings. The largest absolute Gasteiger partial charge is 0.360 e. The van der Waals surface area contributed by atoms with E-state index < -0.39 is 0 Å². The smallest absolute Gasteiger partial charge is 0.147 e. The number of halogens is 2. The number of aryl methyl sites for hydroxylation is 1. The Kier molecular flexibility index (Phi) is 2.86. The first-order valence-corrected chi connectivity index (χ1v) is 5.61. The van der Waals surface area contributed by atoms with Crippen molar-refractivity contribution in [2.45, 2.75) is 12.3 Å². The Balaban J connectivity index is 2.53. The number of aromatic nitrogens is 1. The van der Waals surface area contributed by atoms with E-state index in [1.807, 2.05) is 13.0 Å². The average Bonchev–Trinajstić information content (AvgIpc) is 2.66. The summed E-state index contributed by atoms with van der Waals surface area (Å²) in [6.45, 7) is 1.85. The molecule has 0 amide bonds. The quantitative estimate of drug-likeness (QED) is 0.778. The minimum atomic E-state index is -0.274. The zero-order chi connectivity index (χ0) is 10.8. The van der Waals surface area contributed by atoms with Crippen molar-refractivity contribution in [3.05, 3.63) is 41.4 Å². The van der Waals surface area contributed by atoms with Gasteiger partial charge in [-0.2, -0.15) is 0 Å². The number of hydrogen-bond acceptors (Lipinski definition) is 2.